The van der Waals surface area contributed by atoms with Crippen LogP contribution in [0.2, 0.25) is 0 Å². The molecule has 1 N–H and O–H groups in total. The second-order valence-corrected chi connectivity index (χ2v) is 5.50. The van der Waals surface area contributed by atoms with Gasteiger partial charge in [-0.1, -0.05) is 18.2 Å². The largest absolute Gasteiger partial charge is 0.370 e. The van der Waals surface area contributed by atoms with Crippen LogP contribution in [0.4, 0.5) is 5.69 Å². The Morgan fingerprint density at radius 1 is 1.21 bits per heavy atom. The Labute approximate surface area is 111 Å². The molecule has 4 heteroatoms. The van der Waals surface area contributed by atoms with E-state index in [0.29, 0.717) is 17.6 Å². The van der Waals surface area contributed by atoms with E-state index in [-0.39, 0.29) is 18.3 Å². The highest BCUT2D eigenvalue weighted by Crippen LogP contribution is 2.36. The summed E-state index contributed by atoms with van der Waals surface area (Å²) in [4.78, 5) is 24.3. The van der Waals surface area contributed by atoms with Crippen LogP contribution in [0, 0.1) is 0 Å². The number of para-hydroxylation sites is 1. The first-order valence-corrected chi connectivity index (χ1v) is 6.29. The van der Waals surface area contributed by atoms with Gasteiger partial charge in [-0.25, -0.2) is 0 Å². The Hall–Kier alpha value is -1.94. The van der Waals surface area contributed by atoms with Crippen LogP contribution < -0.4 is 5.32 Å². The second kappa shape index (κ2) is 4.03. The molecule has 0 bridgehead atoms. The quantitative estimate of drug-likeness (QED) is 0.725. The zero-order chi connectivity index (χ0) is 13.6. The minimum atomic E-state index is -0.449. The summed E-state index contributed by atoms with van der Waals surface area (Å²) in [7, 11) is 0. The Bertz CT molecular complexity index is 614. The number of fused-ring (bicyclic) bond motifs is 1. The van der Waals surface area contributed by atoms with Crippen LogP contribution in [0.15, 0.2) is 29.8 Å². The van der Waals surface area contributed by atoms with Gasteiger partial charge < -0.3 is 10.1 Å². The maximum atomic E-state index is 12.2. The van der Waals surface area contributed by atoms with E-state index in [1.165, 1.54) is 0 Å². The monoisotopic (exact) mass is 257 g/mol. The highest BCUT2D eigenvalue weighted by Gasteiger charge is 2.36. The van der Waals surface area contributed by atoms with Crippen LogP contribution in [0.5, 0.6) is 0 Å². The second-order valence-electron chi connectivity index (χ2n) is 5.50. The van der Waals surface area contributed by atoms with E-state index in [4.69, 9.17) is 4.74 Å². The summed E-state index contributed by atoms with van der Waals surface area (Å²) in [6.07, 6.45) is 0.307. The number of benzene rings is 1. The summed E-state index contributed by atoms with van der Waals surface area (Å²) >= 11 is 0. The van der Waals surface area contributed by atoms with Crippen molar-refractivity contribution in [3.63, 3.8) is 0 Å². The summed E-state index contributed by atoms with van der Waals surface area (Å²) in [6, 6.07) is 7.40. The zero-order valence-electron chi connectivity index (χ0n) is 10.9. The number of nitrogens with one attached hydrogen (secondary N) is 1. The van der Waals surface area contributed by atoms with Crippen LogP contribution in [0.25, 0.3) is 5.57 Å². The number of ether oxygens (including phenoxy) is 1. The topological polar surface area (TPSA) is 55.4 Å². The molecule has 1 aromatic carbocycles. The molecule has 0 radical (unpaired) electrons. The van der Waals surface area contributed by atoms with Gasteiger partial charge in [0.1, 0.15) is 0 Å². The first kappa shape index (κ1) is 12.1. The third kappa shape index (κ3) is 1.98. The molecule has 0 aromatic heterocycles. The van der Waals surface area contributed by atoms with Crippen LogP contribution >= 0.6 is 0 Å². The number of rotatable bonds is 0. The molecule has 0 aliphatic carbocycles. The fraction of sp³-hybridized carbons (Fsp3) is 0.333. The number of hydrogen-bond acceptors (Lipinski definition) is 3. The lowest BCUT2D eigenvalue weighted by atomic mass is 9.89. The molecule has 1 amide bonds. The molecule has 0 spiro atoms. The average molecular weight is 257 g/mol. The molecule has 2 heterocycles. The van der Waals surface area contributed by atoms with Crippen molar-refractivity contribution in [1.82, 2.24) is 0 Å². The Morgan fingerprint density at radius 3 is 2.68 bits per heavy atom. The first-order valence-electron chi connectivity index (χ1n) is 6.29. The van der Waals surface area contributed by atoms with E-state index in [9.17, 15) is 9.59 Å². The van der Waals surface area contributed by atoms with E-state index >= 15 is 0 Å². The highest BCUT2D eigenvalue weighted by atomic mass is 16.5. The zero-order valence-corrected chi connectivity index (χ0v) is 10.9. The molecule has 0 unspecified atom stereocenters. The number of Topliss-reactive ketones (excluding diaryl/α,β-unsaturated/α-hetero) is 1. The van der Waals surface area contributed by atoms with E-state index in [1.54, 1.807) is 0 Å². The number of hydrogen-bond donors (Lipinski definition) is 1. The summed E-state index contributed by atoms with van der Waals surface area (Å²) < 4.78 is 5.67. The maximum absolute atomic E-state index is 12.2. The van der Waals surface area contributed by atoms with Gasteiger partial charge in [0.05, 0.1) is 17.8 Å². The smallest absolute Gasteiger partial charge is 0.256 e. The van der Waals surface area contributed by atoms with Gasteiger partial charge in [0.2, 0.25) is 0 Å². The molecular formula is C15H15NO3. The van der Waals surface area contributed by atoms with Crippen LogP contribution in [-0.4, -0.2) is 23.9 Å². The molecule has 1 aromatic rings. The Kier molecular flexibility index (Phi) is 2.57. The number of anilines is 1. The Morgan fingerprint density at radius 2 is 1.95 bits per heavy atom. The van der Waals surface area contributed by atoms with Gasteiger partial charge in [-0.05, 0) is 19.9 Å². The molecule has 19 heavy (non-hydrogen) atoms. The van der Waals surface area contributed by atoms with Crippen LogP contribution in [0.3, 0.4) is 0 Å². The normalized spacial score (nSPS) is 25.2. The van der Waals surface area contributed by atoms with Gasteiger partial charge in [-0.2, -0.15) is 0 Å². The average Bonchev–Trinajstić information content (AvgIpc) is 2.65. The van der Waals surface area contributed by atoms with E-state index in [0.717, 1.165) is 11.3 Å². The van der Waals surface area contributed by atoms with E-state index in [2.05, 4.69) is 5.32 Å². The highest BCUT2D eigenvalue weighted by molar-refractivity contribution is 6.35. The molecule has 3 rings (SSSR count). The molecular weight excluding hydrogens is 242 g/mol. The standard InChI is InChI=1S/C15H15NO3/c1-15(2)7-12(17)10(8-19-15)13-9-5-3-4-6-11(9)16-14(13)18/h3-6H,7-8H2,1-2H3,(H,16,18)/b13-10-. The van der Waals surface area contributed by atoms with Gasteiger partial charge in [0, 0.05) is 23.2 Å². The fourth-order valence-corrected chi connectivity index (χ4v) is 2.52. The predicted molar refractivity (Wildman–Crippen MR) is 71.6 cm³/mol. The number of ketones is 1. The van der Waals surface area contributed by atoms with Crippen molar-refractivity contribution < 1.29 is 14.3 Å². The molecule has 1 saturated heterocycles. The number of carbonyl (C=O) groups is 2. The van der Waals surface area contributed by atoms with Crippen LogP contribution in [0.1, 0.15) is 25.8 Å². The van der Waals surface area contributed by atoms with Crippen molar-refractivity contribution in [2.45, 2.75) is 25.9 Å². The summed E-state index contributed by atoms with van der Waals surface area (Å²) in [5.74, 6) is -0.217. The van der Waals surface area contributed by atoms with Gasteiger partial charge in [-0.3, -0.25) is 9.59 Å². The van der Waals surface area contributed by atoms with E-state index < -0.39 is 5.60 Å². The molecule has 2 aliphatic rings. The lowest BCUT2D eigenvalue weighted by molar-refractivity contribution is -0.128. The molecule has 0 saturated carbocycles. The molecule has 0 atom stereocenters. The minimum absolute atomic E-state index is 0.00176. The van der Waals surface area contributed by atoms with Crippen molar-refractivity contribution in [2.24, 2.45) is 0 Å². The van der Waals surface area contributed by atoms with Crippen molar-refractivity contribution in [3.8, 4) is 0 Å². The predicted octanol–water partition coefficient (Wildman–Crippen LogP) is 2.16. The van der Waals surface area contributed by atoms with Crippen molar-refractivity contribution in [2.75, 3.05) is 11.9 Å². The fourth-order valence-electron chi connectivity index (χ4n) is 2.52. The molecule has 1 fully saturated rings. The number of amides is 1. The van der Waals surface area contributed by atoms with Gasteiger partial charge in [0.15, 0.2) is 5.78 Å². The summed E-state index contributed by atoms with van der Waals surface area (Å²) in [5.41, 5.74) is 2.06. The van der Waals surface area contributed by atoms with Crippen molar-refractivity contribution in [1.29, 1.82) is 0 Å². The number of carbonyl (C=O) groups excluding carboxylic acids is 2. The molecule has 4 nitrogen and oxygen atoms in total. The lowest BCUT2D eigenvalue weighted by Crippen LogP contribution is -2.36. The minimum Gasteiger partial charge on any atom is -0.370 e. The van der Waals surface area contributed by atoms with Crippen LogP contribution in [-0.2, 0) is 14.3 Å². The first-order chi connectivity index (χ1) is 8.98. The maximum Gasteiger partial charge on any atom is 0.256 e. The third-order valence-electron chi connectivity index (χ3n) is 3.50. The van der Waals surface area contributed by atoms with Gasteiger partial charge in [-0.15, -0.1) is 0 Å². The third-order valence-corrected chi connectivity index (χ3v) is 3.50. The SMILES string of the molecule is CC1(C)CC(=O)/C(=C2\C(=O)Nc3ccccc32)CO1. The molecule has 98 valence electrons. The summed E-state index contributed by atoms with van der Waals surface area (Å²) in [5, 5.41) is 2.78. The Balaban J connectivity index is 2.09. The van der Waals surface area contributed by atoms with Crippen molar-refractivity contribution >= 4 is 23.0 Å². The van der Waals surface area contributed by atoms with Crippen molar-refractivity contribution in [3.05, 3.63) is 35.4 Å². The summed E-state index contributed by atoms with van der Waals surface area (Å²) in [6.45, 7) is 3.97. The van der Waals surface area contributed by atoms with E-state index in [1.807, 2.05) is 38.1 Å². The lowest BCUT2D eigenvalue weighted by Gasteiger charge is -2.30. The van der Waals surface area contributed by atoms with Gasteiger partial charge >= 0.3 is 0 Å². The molecule has 2 aliphatic heterocycles. The van der Waals surface area contributed by atoms with Gasteiger partial charge in [0.25, 0.3) is 5.91 Å².